The molecular formula is C11H13ClO5. The Morgan fingerprint density at radius 3 is 2.71 bits per heavy atom. The Morgan fingerprint density at radius 2 is 2.18 bits per heavy atom. The predicted octanol–water partition coefficient (Wildman–Crippen LogP) is 1.83. The molecule has 0 fully saturated rings. The van der Waals surface area contributed by atoms with Gasteiger partial charge in [-0.05, 0) is 12.1 Å². The number of aliphatic carboxylic acids is 1. The van der Waals surface area contributed by atoms with Gasteiger partial charge in [0.25, 0.3) is 0 Å². The standard InChI is InChI=1S/C11H13ClO5/c1-15-6-10(11(13)14)17-9-5-7(16-2)3-4-8(9)12/h3-5,10H,6H2,1-2H3,(H,13,14). The minimum absolute atomic E-state index is 0.0666. The van der Waals surface area contributed by atoms with Crippen molar-refractivity contribution >= 4 is 17.6 Å². The van der Waals surface area contributed by atoms with Gasteiger partial charge in [-0.25, -0.2) is 4.79 Å². The number of benzene rings is 1. The van der Waals surface area contributed by atoms with Gasteiger partial charge in [0.05, 0.1) is 18.7 Å². The average molecular weight is 261 g/mol. The van der Waals surface area contributed by atoms with Gasteiger partial charge in [-0.2, -0.15) is 0 Å². The molecule has 5 nitrogen and oxygen atoms in total. The first-order valence-corrected chi connectivity index (χ1v) is 5.18. The third-order valence-electron chi connectivity index (χ3n) is 2.00. The highest BCUT2D eigenvalue weighted by molar-refractivity contribution is 6.32. The molecule has 1 aromatic carbocycles. The van der Waals surface area contributed by atoms with E-state index in [1.54, 1.807) is 12.1 Å². The molecule has 1 N–H and O–H groups in total. The van der Waals surface area contributed by atoms with Crippen LogP contribution in [0.5, 0.6) is 11.5 Å². The molecule has 1 unspecified atom stereocenters. The summed E-state index contributed by atoms with van der Waals surface area (Å²) in [5, 5.41) is 9.22. The lowest BCUT2D eigenvalue weighted by Gasteiger charge is -2.15. The van der Waals surface area contributed by atoms with Crippen LogP contribution in [0.25, 0.3) is 0 Å². The molecule has 1 aromatic rings. The number of carbonyl (C=O) groups is 1. The summed E-state index contributed by atoms with van der Waals surface area (Å²) in [5.41, 5.74) is 0. The highest BCUT2D eigenvalue weighted by atomic mass is 35.5. The molecule has 1 rings (SSSR count). The highest BCUT2D eigenvalue weighted by Gasteiger charge is 2.20. The molecular weight excluding hydrogens is 248 g/mol. The quantitative estimate of drug-likeness (QED) is 0.845. The van der Waals surface area contributed by atoms with Crippen molar-refractivity contribution in [3.05, 3.63) is 23.2 Å². The minimum Gasteiger partial charge on any atom is -0.497 e. The van der Waals surface area contributed by atoms with Gasteiger partial charge < -0.3 is 19.3 Å². The van der Waals surface area contributed by atoms with E-state index >= 15 is 0 Å². The predicted molar refractivity (Wildman–Crippen MR) is 61.9 cm³/mol. The molecule has 1 atom stereocenters. The number of carboxylic acid groups (broad SMARTS) is 1. The van der Waals surface area contributed by atoms with Crippen LogP contribution in [0.15, 0.2) is 18.2 Å². The number of ether oxygens (including phenoxy) is 3. The first-order valence-electron chi connectivity index (χ1n) is 4.80. The zero-order chi connectivity index (χ0) is 12.8. The second kappa shape index (κ2) is 6.32. The smallest absolute Gasteiger partial charge is 0.347 e. The molecule has 0 amide bonds. The largest absolute Gasteiger partial charge is 0.497 e. The first kappa shape index (κ1) is 13.6. The number of methoxy groups -OCH3 is 2. The lowest BCUT2D eigenvalue weighted by atomic mass is 10.3. The molecule has 6 heteroatoms. The fourth-order valence-corrected chi connectivity index (χ4v) is 1.32. The van der Waals surface area contributed by atoms with Crippen LogP contribution in [0.2, 0.25) is 5.02 Å². The summed E-state index contributed by atoms with van der Waals surface area (Å²) in [5.74, 6) is -0.341. The van der Waals surface area contributed by atoms with Crippen molar-refractivity contribution in [3.8, 4) is 11.5 Å². The van der Waals surface area contributed by atoms with E-state index in [0.717, 1.165) is 0 Å². The molecule has 0 saturated carbocycles. The van der Waals surface area contributed by atoms with Crippen LogP contribution in [0, 0.1) is 0 Å². The summed E-state index contributed by atoms with van der Waals surface area (Å²) in [7, 11) is 2.89. The van der Waals surface area contributed by atoms with Crippen molar-refractivity contribution in [1.29, 1.82) is 0 Å². The monoisotopic (exact) mass is 260 g/mol. The summed E-state index contributed by atoms with van der Waals surface area (Å²) in [6.07, 6.45) is -1.11. The molecule has 0 aliphatic heterocycles. The second-order valence-corrected chi connectivity index (χ2v) is 3.60. The maximum atomic E-state index is 10.9. The Balaban J connectivity index is 2.87. The van der Waals surface area contributed by atoms with Crippen molar-refractivity contribution in [1.82, 2.24) is 0 Å². The Bertz CT molecular complexity index is 393. The maximum absolute atomic E-state index is 10.9. The molecule has 0 aromatic heterocycles. The third-order valence-corrected chi connectivity index (χ3v) is 2.31. The van der Waals surface area contributed by atoms with Gasteiger partial charge in [0, 0.05) is 13.2 Å². The van der Waals surface area contributed by atoms with Crippen LogP contribution in [0.1, 0.15) is 0 Å². The Kier molecular flexibility index (Phi) is 5.06. The van der Waals surface area contributed by atoms with Gasteiger partial charge in [0.2, 0.25) is 6.10 Å². The van der Waals surface area contributed by atoms with E-state index in [1.807, 2.05) is 0 Å². The summed E-state index contributed by atoms with van der Waals surface area (Å²) in [6.45, 7) is -0.0666. The van der Waals surface area contributed by atoms with Crippen LogP contribution in [-0.2, 0) is 9.53 Å². The van der Waals surface area contributed by atoms with Crippen LogP contribution in [0.4, 0.5) is 0 Å². The van der Waals surface area contributed by atoms with Crippen molar-refractivity contribution < 1.29 is 24.1 Å². The zero-order valence-electron chi connectivity index (χ0n) is 9.47. The molecule has 0 saturated heterocycles. The van der Waals surface area contributed by atoms with Gasteiger partial charge in [-0.1, -0.05) is 11.6 Å². The zero-order valence-corrected chi connectivity index (χ0v) is 10.2. The van der Waals surface area contributed by atoms with Crippen LogP contribution < -0.4 is 9.47 Å². The number of halogens is 1. The number of hydrogen-bond acceptors (Lipinski definition) is 4. The fraction of sp³-hybridized carbons (Fsp3) is 0.364. The summed E-state index contributed by atoms with van der Waals surface area (Å²) < 4.78 is 15.0. The molecule has 0 spiro atoms. The van der Waals surface area contributed by atoms with Gasteiger partial charge in [0.15, 0.2) is 0 Å². The van der Waals surface area contributed by atoms with Crippen LogP contribution in [0.3, 0.4) is 0 Å². The summed E-state index contributed by atoms with van der Waals surface area (Å²) >= 11 is 5.89. The summed E-state index contributed by atoms with van der Waals surface area (Å²) in [4.78, 5) is 10.9. The maximum Gasteiger partial charge on any atom is 0.347 e. The number of rotatable bonds is 6. The van der Waals surface area contributed by atoms with Gasteiger partial charge >= 0.3 is 5.97 Å². The molecule has 0 radical (unpaired) electrons. The van der Waals surface area contributed by atoms with Crippen molar-refractivity contribution in [2.45, 2.75) is 6.10 Å². The third kappa shape index (κ3) is 3.80. The fourth-order valence-electron chi connectivity index (χ4n) is 1.16. The van der Waals surface area contributed by atoms with Gasteiger partial charge in [-0.3, -0.25) is 0 Å². The van der Waals surface area contributed by atoms with Crippen LogP contribution >= 0.6 is 11.6 Å². The van der Waals surface area contributed by atoms with E-state index < -0.39 is 12.1 Å². The Morgan fingerprint density at radius 1 is 1.47 bits per heavy atom. The van der Waals surface area contributed by atoms with Gasteiger partial charge in [-0.15, -0.1) is 0 Å². The normalized spacial score (nSPS) is 11.9. The average Bonchev–Trinajstić information content (AvgIpc) is 2.31. The number of carboxylic acids is 1. The Labute approximate surface area is 104 Å². The van der Waals surface area contributed by atoms with Crippen LogP contribution in [-0.4, -0.2) is 38.0 Å². The van der Waals surface area contributed by atoms with E-state index in [-0.39, 0.29) is 12.4 Å². The van der Waals surface area contributed by atoms with E-state index in [1.165, 1.54) is 20.3 Å². The van der Waals surface area contributed by atoms with Crippen molar-refractivity contribution in [2.75, 3.05) is 20.8 Å². The SMILES string of the molecule is COCC(Oc1cc(OC)ccc1Cl)C(=O)O. The Hall–Kier alpha value is -1.46. The first-order chi connectivity index (χ1) is 8.08. The number of hydrogen-bond donors (Lipinski definition) is 1. The lowest BCUT2D eigenvalue weighted by Crippen LogP contribution is -2.31. The lowest BCUT2D eigenvalue weighted by molar-refractivity contribution is -0.147. The molecule has 0 aliphatic carbocycles. The molecule has 94 valence electrons. The topological polar surface area (TPSA) is 65.0 Å². The van der Waals surface area contributed by atoms with Crippen molar-refractivity contribution in [2.24, 2.45) is 0 Å². The van der Waals surface area contributed by atoms with E-state index in [2.05, 4.69) is 0 Å². The van der Waals surface area contributed by atoms with E-state index in [0.29, 0.717) is 10.8 Å². The molecule has 0 bridgehead atoms. The molecule has 17 heavy (non-hydrogen) atoms. The minimum atomic E-state index is -1.12. The van der Waals surface area contributed by atoms with E-state index in [9.17, 15) is 4.79 Å². The molecule has 0 aliphatic rings. The summed E-state index contributed by atoms with van der Waals surface area (Å²) in [6, 6.07) is 4.75. The van der Waals surface area contributed by atoms with E-state index in [4.69, 9.17) is 30.9 Å². The highest BCUT2D eigenvalue weighted by Crippen LogP contribution is 2.29. The second-order valence-electron chi connectivity index (χ2n) is 3.20. The molecule has 0 heterocycles. The van der Waals surface area contributed by atoms with Gasteiger partial charge in [0.1, 0.15) is 11.5 Å². The van der Waals surface area contributed by atoms with Crippen molar-refractivity contribution in [3.63, 3.8) is 0 Å².